The Hall–Kier alpha value is -1.56. The molecule has 20 heavy (non-hydrogen) atoms. The van der Waals surface area contributed by atoms with Gasteiger partial charge < -0.3 is 15.5 Å². The Morgan fingerprint density at radius 3 is 2.90 bits per heavy atom. The van der Waals surface area contributed by atoms with E-state index in [9.17, 15) is 4.79 Å². The van der Waals surface area contributed by atoms with E-state index >= 15 is 0 Å². The van der Waals surface area contributed by atoms with E-state index in [1.807, 2.05) is 16.8 Å². The van der Waals surface area contributed by atoms with Gasteiger partial charge in [0.25, 0.3) is 5.91 Å². The van der Waals surface area contributed by atoms with Crippen molar-refractivity contribution in [2.24, 2.45) is 16.8 Å². The van der Waals surface area contributed by atoms with Gasteiger partial charge >= 0.3 is 0 Å². The fourth-order valence-electron chi connectivity index (χ4n) is 1.51. The fraction of sp³-hybridized carbons (Fsp3) is 0.571. The van der Waals surface area contributed by atoms with Gasteiger partial charge in [0, 0.05) is 20.0 Å². The van der Waals surface area contributed by atoms with E-state index in [0.29, 0.717) is 24.7 Å². The predicted octanol–water partition coefficient (Wildman–Crippen LogP) is 2.43. The molecule has 112 valence electrons. The molecule has 1 aromatic rings. The third-order valence-electron chi connectivity index (χ3n) is 2.77. The first-order valence-electron chi connectivity index (χ1n) is 6.68. The smallest absolute Gasteiger partial charge is 0.263 e. The molecule has 2 N–H and O–H groups in total. The third-order valence-corrected chi connectivity index (χ3v) is 3.51. The number of thiophene rings is 1. The molecule has 1 aromatic heterocycles. The van der Waals surface area contributed by atoms with E-state index in [1.54, 1.807) is 23.3 Å². The van der Waals surface area contributed by atoms with E-state index in [0.717, 1.165) is 12.0 Å². The number of carbonyl (C=O) groups excluding carboxylic acids is 1. The molecule has 0 bridgehead atoms. The number of amides is 1. The molecule has 0 radical (unpaired) electrons. The average molecular weight is 297 g/mol. The summed E-state index contributed by atoms with van der Waals surface area (Å²) in [6, 6.07) is 2.00. The number of rotatable bonds is 8. The first-order chi connectivity index (χ1) is 9.49. The van der Waals surface area contributed by atoms with E-state index in [1.165, 1.54) is 0 Å². The molecule has 0 unspecified atom stereocenters. The summed E-state index contributed by atoms with van der Waals surface area (Å²) in [5.74, 6) is 0.894. The van der Waals surface area contributed by atoms with Gasteiger partial charge in [0.15, 0.2) is 6.61 Å². The van der Waals surface area contributed by atoms with Gasteiger partial charge in [-0.15, -0.1) is 0 Å². The quantitative estimate of drug-likeness (QED) is 0.455. The number of hydrogen-bond acceptors (Lipinski definition) is 4. The van der Waals surface area contributed by atoms with Crippen molar-refractivity contribution < 1.29 is 9.63 Å². The number of nitrogens with zero attached hydrogens (tertiary/aromatic N) is 2. The molecule has 0 aliphatic heterocycles. The molecule has 1 heterocycles. The van der Waals surface area contributed by atoms with Gasteiger partial charge in [0.05, 0.1) is 0 Å². The summed E-state index contributed by atoms with van der Waals surface area (Å²) in [5.41, 5.74) is 6.81. The summed E-state index contributed by atoms with van der Waals surface area (Å²) >= 11 is 1.62. The first kappa shape index (κ1) is 16.5. The van der Waals surface area contributed by atoms with Crippen LogP contribution < -0.4 is 5.73 Å². The van der Waals surface area contributed by atoms with Gasteiger partial charge in [0.2, 0.25) is 0 Å². The standard InChI is InChI=1S/C14H23N3O2S/c1-11(2)4-5-13(15)16-19-9-14(18)17(3)8-12-6-7-20-10-12/h6-7,10-11H,4-5,8-9H2,1-3H3,(H2,15,16). The van der Waals surface area contributed by atoms with Crippen LogP contribution in [0.15, 0.2) is 22.0 Å². The Balaban J connectivity index is 2.26. The molecule has 0 aliphatic rings. The first-order valence-corrected chi connectivity index (χ1v) is 7.62. The summed E-state index contributed by atoms with van der Waals surface area (Å²) < 4.78 is 0. The molecule has 0 aromatic carbocycles. The third kappa shape index (κ3) is 6.56. The highest BCUT2D eigenvalue weighted by atomic mass is 32.1. The highest BCUT2D eigenvalue weighted by Crippen LogP contribution is 2.08. The molecule has 1 amide bonds. The van der Waals surface area contributed by atoms with Crippen LogP contribution in [0.4, 0.5) is 0 Å². The zero-order valence-electron chi connectivity index (χ0n) is 12.3. The average Bonchev–Trinajstić information content (AvgIpc) is 2.89. The van der Waals surface area contributed by atoms with Gasteiger partial charge in [-0.25, -0.2) is 0 Å². The van der Waals surface area contributed by atoms with Crippen molar-refractivity contribution in [3.8, 4) is 0 Å². The minimum absolute atomic E-state index is 0.0803. The maximum absolute atomic E-state index is 11.8. The van der Waals surface area contributed by atoms with Crippen molar-refractivity contribution in [2.45, 2.75) is 33.2 Å². The second-order valence-corrected chi connectivity index (χ2v) is 5.95. The van der Waals surface area contributed by atoms with Gasteiger partial charge in [0.1, 0.15) is 5.84 Å². The lowest BCUT2D eigenvalue weighted by Gasteiger charge is -2.15. The maximum Gasteiger partial charge on any atom is 0.263 e. The highest BCUT2D eigenvalue weighted by Gasteiger charge is 2.10. The number of carbonyl (C=O) groups is 1. The molecule has 0 aliphatic carbocycles. The zero-order valence-corrected chi connectivity index (χ0v) is 13.2. The van der Waals surface area contributed by atoms with Crippen LogP contribution >= 0.6 is 11.3 Å². The minimum Gasteiger partial charge on any atom is -0.384 e. The Labute approximate surface area is 124 Å². The molecule has 5 nitrogen and oxygen atoms in total. The van der Waals surface area contributed by atoms with E-state index in [2.05, 4.69) is 19.0 Å². The van der Waals surface area contributed by atoms with Crippen molar-refractivity contribution >= 4 is 23.1 Å². The molecule has 1 rings (SSSR count). The van der Waals surface area contributed by atoms with Gasteiger partial charge in [-0.3, -0.25) is 4.79 Å². The lowest BCUT2D eigenvalue weighted by atomic mass is 10.1. The van der Waals surface area contributed by atoms with Gasteiger partial charge in [-0.2, -0.15) is 11.3 Å². The Bertz CT molecular complexity index is 430. The van der Waals surface area contributed by atoms with Crippen molar-refractivity contribution in [2.75, 3.05) is 13.7 Å². The second kappa shape index (κ2) is 8.58. The maximum atomic E-state index is 11.8. The van der Waals surface area contributed by atoms with Crippen LogP contribution in [0, 0.1) is 5.92 Å². The fourth-order valence-corrected chi connectivity index (χ4v) is 2.17. The van der Waals surface area contributed by atoms with Crippen LogP contribution in [-0.2, 0) is 16.2 Å². The Morgan fingerprint density at radius 1 is 1.55 bits per heavy atom. The van der Waals surface area contributed by atoms with Crippen LogP contribution in [0.1, 0.15) is 32.3 Å². The van der Waals surface area contributed by atoms with Crippen molar-refractivity contribution in [3.63, 3.8) is 0 Å². The summed E-state index contributed by atoms with van der Waals surface area (Å²) in [6.45, 7) is 4.75. The summed E-state index contributed by atoms with van der Waals surface area (Å²) in [7, 11) is 1.75. The van der Waals surface area contributed by atoms with E-state index < -0.39 is 0 Å². The lowest BCUT2D eigenvalue weighted by Crippen LogP contribution is -2.29. The normalized spacial score (nSPS) is 11.7. The number of oxime groups is 1. The predicted molar refractivity (Wildman–Crippen MR) is 82.4 cm³/mol. The minimum atomic E-state index is -0.114. The highest BCUT2D eigenvalue weighted by molar-refractivity contribution is 7.07. The molecule has 0 saturated carbocycles. The molecular weight excluding hydrogens is 274 g/mol. The number of likely N-dealkylation sites (N-methyl/N-ethyl adjacent to an activating group) is 1. The van der Waals surface area contributed by atoms with Crippen molar-refractivity contribution in [1.82, 2.24) is 4.90 Å². The number of nitrogens with two attached hydrogens (primary N) is 1. The summed E-state index contributed by atoms with van der Waals surface area (Å²) in [5, 5.41) is 7.77. The van der Waals surface area contributed by atoms with Crippen LogP contribution in [-0.4, -0.2) is 30.3 Å². The monoisotopic (exact) mass is 297 g/mol. The molecule has 0 saturated heterocycles. The van der Waals surface area contributed by atoms with Crippen LogP contribution in [0.5, 0.6) is 0 Å². The zero-order chi connectivity index (χ0) is 15.0. The van der Waals surface area contributed by atoms with Crippen LogP contribution in [0.3, 0.4) is 0 Å². The molecule has 0 spiro atoms. The topological polar surface area (TPSA) is 67.9 Å². The lowest BCUT2D eigenvalue weighted by molar-refractivity contribution is -0.135. The van der Waals surface area contributed by atoms with Crippen LogP contribution in [0.25, 0.3) is 0 Å². The number of amidine groups is 1. The SMILES string of the molecule is CC(C)CC/C(N)=N/OCC(=O)N(C)Cc1ccsc1. The Kier molecular flexibility index (Phi) is 7.08. The molecule has 6 heteroatoms. The van der Waals surface area contributed by atoms with Crippen molar-refractivity contribution in [3.05, 3.63) is 22.4 Å². The number of hydrogen-bond donors (Lipinski definition) is 1. The van der Waals surface area contributed by atoms with E-state index in [4.69, 9.17) is 10.6 Å². The second-order valence-electron chi connectivity index (χ2n) is 5.17. The summed E-state index contributed by atoms with van der Waals surface area (Å²) in [6.07, 6.45) is 1.65. The van der Waals surface area contributed by atoms with Crippen LogP contribution in [0.2, 0.25) is 0 Å². The molecule has 0 fully saturated rings. The summed E-state index contributed by atoms with van der Waals surface area (Å²) in [4.78, 5) is 18.4. The largest absolute Gasteiger partial charge is 0.384 e. The van der Waals surface area contributed by atoms with E-state index in [-0.39, 0.29) is 12.5 Å². The van der Waals surface area contributed by atoms with Crippen molar-refractivity contribution in [1.29, 1.82) is 0 Å². The molecular formula is C14H23N3O2S. The van der Waals surface area contributed by atoms with Gasteiger partial charge in [-0.05, 0) is 34.7 Å². The molecule has 0 atom stereocenters. The Morgan fingerprint density at radius 2 is 2.30 bits per heavy atom. The van der Waals surface area contributed by atoms with Gasteiger partial charge in [-0.1, -0.05) is 19.0 Å².